The van der Waals surface area contributed by atoms with Gasteiger partial charge in [-0.3, -0.25) is 0 Å². The van der Waals surface area contributed by atoms with Crippen LogP contribution in [-0.2, 0) is 0 Å². The van der Waals surface area contributed by atoms with Crippen molar-refractivity contribution in [3.05, 3.63) is 48.4 Å². The average Bonchev–Trinajstić information content (AvgIpc) is 2.83. The summed E-state index contributed by atoms with van der Waals surface area (Å²) in [7, 11) is 0. The minimum absolute atomic E-state index is 0.378. The van der Waals surface area contributed by atoms with E-state index in [0.717, 1.165) is 22.6 Å². The van der Waals surface area contributed by atoms with Crippen molar-refractivity contribution in [3.63, 3.8) is 0 Å². The quantitative estimate of drug-likeness (QED) is 0.737. The molecule has 0 spiro atoms. The molecule has 0 fully saturated rings. The van der Waals surface area contributed by atoms with E-state index in [2.05, 4.69) is 40.9 Å². The Kier molecular flexibility index (Phi) is 2.59. The van der Waals surface area contributed by atoms with Crippen LogP contribution in [0.2, 0.25) is 0 Å². The van der Waals surface area contributed by atoms with Crippen LogP contribution in [0, 0.1) is 0 Å². The van der Waals surface area contributed by atoms with Crippen molar-refractivity contribution in [2.45, 2.75) is 19.8 Å². The fraction of sp³-hybridized carbons (Fsp3) is 0.200. The number of nitrogens with zero attached hydrogens (tertiary/aromatic N) is 2. The summed E-state index contributed by atoms with van der Waals surface area (Å²) in [4.78, 5) is 12.2. The lowest BCUT2D eigenvalue weighted by atomic mass is 10.1. The number of rotatable bonds is 2. The summed E-state index contributed by atoms with van der Waals surface area (Å²) in [6, 6.07) is 12.3. The van der Waals surface area contributed by atoms with E-state index in [1.807, 2.05) is 30.5 Å². The number of aromatic nitrogens is 3. The Balaban J connectivity index is 2.24. The van der Waals surface area contributed by atoms with E-state index >= 15 is 0 Å². The van der Waals surface area contributed by atoms with E-state index < -0.39 is 0 Å². The van der Waals surface area contributed by atoms with Crippen LogP contribution < -0.4 is 0 Å². The normalized spacial score (nSPS) is 11.3. The maximum Gasteiger partial charge on any atom is 0.178 e. The van der Waals surface area contributed by atoms with Gasteiger partial charge in [-0.15, -0.1) is 0 Å². The predicted molar refractivity (Wildman–Crippen MR) is 73.4 cm³/mol. The Morgan fingerprint density at radius 2 is 1.83 bits per heavy atom. The van der Waals surface area contributed by atoms with Gasteiger partial charge < -0.3 is 4.98 Å². The van der Waals surface area contributed by atoms with Gasteiger partial charge in [0.2, 0.25) is 0 Å². The molecule has 0 unspecified atom stereocenters. The summed E-state index contributed by atoms with van der Waals surface area (Å²) in [5.74, 6) is 1.36. The number of H-pyrrole nitrogens is 1. The van der Waals surface area contributed by atoms with Crippen molar-refractivity contribution >= 4 is 11.2 Å². The maximum absolute atomic E-state index is 4.53. The highest BCUT2D eigenvalue weighted by Gasteiger charge is 2.11. The molecule has 2 heterocycles. The minimum atomic E-state index is 0.378. The first-order chi connectivity index (χ1) is 8.75. The summed E-state index contributed by atoms with van der Waals surface area (Å²) >= 11 is 0. The average molecular weight is 237 g/mol. The van der Waals surface area contributed by atoms with Crippen molar-refractivity contribution in [2.24, 2.45) is 0 Å². The molecule has 0 saturated carbocycles. The number of nitrogens with one attached hydrogen (secondary N) is 1. The van der Waals surface area contributed by atoms with Crippen LogP contribution in [0.1, 0.15) is 25.6 Å². The number of hydrogen-bond donors (Lipinski definition) is 1. The van der Waals surface area contributed by atoms with Crippen LogP contribution in [0.4, 0.5) is 0 Å². The number of imidazole rings is 1. The molecule has 1 N–H and O–H groups in total. The molecule has 18 heavy (non-hydrogen) atoms. The summed E-state index contributed by atoms with van der Waals surface area (Å²) in [5, 5.41) is 0. The SMILES string of the molecule is CC(C)c1nc2nccc(-c3ccccc3)c2[nH]1. The molecule has 90 valence electrons. The molecule has 0 aliphatic carbocycles. The van der Waals surface area contributed by atoms with Gasteiger partial charge in [0.25, 0.3) is 0 Å². The number of pyridine rings is 1. The number of aromatic amines is 1. The van der Waals surface area contributed by atoms with Crippen LogP contribution in [0.5, 0.6) is 0 Å². The fourth-order valence-electron chi connectivity index (χ4n) is 2.06. The minimum Gasteiger partial charge on any atom is -0.340 e. The predicted octanol–water partition coefficient (Wildman–Crippen LogP) is 3.75. The Morgan fingerprint density at radius 1 is 1.06 bits per heavy atom. The third-order valence-corrected chi connectivity index (χ3v) is 3.04. The van der Waals surface area contributed by atoms with Crippen LogP contribution in [-0.4, -0.2) is 15.0 Å². The molecule has 0 atom stereocenters. The summed E-state index contributed by atoms with van der Waals surface area (Å²) in [5.41, 5.74) is 4.15. The highest BCUT2D eigenvalue weighted by Crippen LogP contribution is 2.26. The lowest BCUT2D eigenvalue weighted by molar-refractivity contribution is 0.798. The molecule has 0 aliphatic heterocycles. The van der Waals surface area contributed by atoms with Gasteiger partial charge in [0.1, 0.15) is 5.82 Å². The first-order valence-electron chi connectivity index (χ1n) is 6.16. The van der Waals surface area contributed by atoms with Gasteiger partial charge in [-0.2, -0.15) is 0 Å². The summed E-state index contributed by atoms with van der Waals surface area (Å²) in [6.07, 6.45) is 1.82. The largest absolute Gasteiger partial charge is 0.340 e. The monoisotopic (exact) mass is 237 g/mol. The van der Waals surface area contributed by atoms with Crippen molar-refractivity contribution < 1.29 is 0 Å². The van der Waals surface area contributed by atoms with E-state index in [4.69, 9.17) is 0 Å². The third kappa shape index (κ3) is 1.78. The van der Waals surface area contributed by atoms with E-state index in [-0.39, 0.29) is 0 Å². The second kappa shape index (κ2) is 4.26. The topological polar surface area (TPSA) is 41.6 Å². The third-order valence-electron chi connectivity index (χ3n) is 3.04. The molecule has 0 bridgehead atoms. The number of hydrogen-bond acceptors (Lipinski definition) is 2. The van der Waals surface area contributed by atoms with E-state index in [1.165, 1.54) is 5.56 Å². The molecule has 3 rings (SSSR count). The Labute approximate surface area is 106 Å². The molecule has 0 amide bonds. The van der Waals surface area contributed by atoms with E-state index in [1.54, 1.807) is 0 Å². The van der Waals surface area contributed by atoms with Gasteiger partial charge >= 0.3 is 0 Å². The summed E-state index contributed by atoms with van der Waals surface area (Å²) < 4.78 is 0. The second-order valence-corrected chi connectivity index (χ2v) is 4.70. The molecular formula is C15H15N3. The van der Waals surface area contributed by atoms with E-state index in [9.17, 15) is 0 Å². The highest BCUT2D eigenvalue weighted by atomic mass is 15.0. The maximum atomic E-state index is 4.53. The Morgan fingerprint density at radius 3 is 2.56 bits per heavy atom. The highest BCUT2D eigenvalue weighted by molar-refractivity contribution is 5.89. The van der Waals surface area contributed by atoms with Crippen molar-refractivity contribution in [2.75, 3.05) is 0 Å². The molecule has 3 heteroatoms. The zero-order valence-electron chi connectivity index (χ0n) is 10.5. The molecule has 3 nitrogen and oxygen atoms in total. The van der Waals surface area contributed by atoms with Crippen molar-refractivity contribution in [1.82, 2.24) is 15.0 Å². The molecule has 3 aromatic rings. The fourth-order valence-corrected chi connectivity index (χ4v) is 2.06. The summed E-state index contributed by atoms with van der Waals surface area (Å²) in [6.45, 7) is 4.25. The van der Waals surface area contributed by atoms with Gasteiger partial charge in [0, 0.05) is 17.7 Å². The van der Waals surface area contributed by atoms with Crippen molar-refractivity contribution in [1.29, 1.82) is 0 Å². The number of fused-ring (bicyclic) bond motifs is 1. The number of benzene rings is 1. The van der Waals surface area contributed by atoms with Gasteiger partial charge in [-0.1, -0.05) is 44.2 Å². The lowest BCUT2D eigenvalue weighted by Gasteiger charge is -2.02. The molecular weight excluding hydrogens is 222 g/mol. The first-order valence-corrected chi connectivity index (χ1v) is 6.16. The van der Waals surface area contributed by atoms with Gasteiger partial charge in [-0.25, -0.2) is 9.97 Å². The van der Waals surface area contributed by atoms with Crippen LogP contribution >= 0.6 is 0 Å². The van der Waals surface area contributed by atoms with Gasteiger partial charge in [0.15, 0.2) is 5.65 Å². The first kappa shape index (κ1) is 11.0. The smallest absolute Gasteiger partial charge is 0.178 e. The van der Waals surface area contributed by atoms with Crippen LogP contribution in [0.25, 0.3) is 22.3 Å². The lowest BCUT2D eigenvalue weighted by Crippen LogP contribution is -1.88. The zero-order valence-corrected chi connectivity index (χ0v) is 10.5. The zero-order chi connectivity index (χ0) is 12.5. The molecule has 1 aromatic carbocycles. The van der Waals surface area contributed by atoms with E-state index in [0.29, 0.717) is 5.92 Å². The molecule has 0 radical (unpaired) electrons. The molecule has 2 aromatic heterocycles. The Bertz CT molecular complexity index is 669. The molecule has 0 aliphatic rings. The standard InChI is InChI=1S/C15H15N3/c1-10(2)14-17-13-12(8-9-16-15(13)18-14)11-6-4-3-5-7-11/h3-10H,1-2H3,(H,16,17,18). The van der Waals surface area contributed by atoms with Gasteiger partial charge in [-0.05, 0) is 11.6 Å². The van der Waals surface area contributed by atoms with Gasteiger partial charge in [0.05, 0.1) is 5.52 Å². The Hall–Kier alpha value is -2.16. The van der Waals surface area contributed by atoms with Crippen molar-refractivity contribution in [3.8, 4) is 11.1 Å². The van der Waals surface area contributed by atoms with Crippen LogP contribution in [0.15, 0.2) is 42.6 Å². The second-order valence-electron chi connectivity index (χ2n) is 4.70. The van der Waals surface area contributed by atoms with Crippen LogP contribution in [0.3, 0.4) is 0 Å². The molecule has 0 saturated heterocycles.